The third-order valence-corrected chi connectivity index (χ3v) is 7.02. The first-order valence-corrected chi connectivity index (χ1v) is 10.3. The quantitative estimate of drug-likeness (QED) is 0.812. The second-order valence-electron chi connectivity index (χ2n) is 5.83. The Balaban J connectivity index is 2.14. The maximum atomic E-state index is 12.7. The lowest BCUT2D eigenvalue weighted by Crippen LogP contribution is -2.50. The molecule has 7 nitrogen and oxygen atoms in total. The van der Waals surface area contributed by atoms with Gasteiger partial charge in [-0.1, -0.05) is 0 Å². The lowest BCUT2D eigenvalue weighted by Gasteiger charge is -2.37. The minimum absolute atomic E-state index is 0.0452. The first-order valence-electron chi connectivity index (χ1n) is 7.79. The molecular weight excluding hydrogens is 352 g/mol. The number of nitrogens with zero attached hydrogens (tertiary/aromatic N) is 2. The molecule has 1 N–H and O–H groups in total. The third-order valence-electron chi connectivity index (χ3n) is 4.27. The number of carboxylic acids is 1. The van der Waals surface area contributed by atoms with Crippen molar-refractivity contribution < 1.29 is 23.1 Å². The van der Waals surface area contributed by atoms with Gasteiger partial charge in [0.25, 0.3) is 5.91 Å². The van der Waals surface area contributed by atoms with Crippen LogP contribution < -0.4 is 0 Å². The van der Waals surface area contributed by atoms with Gasteiger partial charge in [-0.3, -0.25) is 9.59 Å². The summed E-state index contributed by atoms with van der Waals surface area (Å²) < 4.78 is 25.3. The standard InChI is InChI=1S/C15H22N2O5S2/c1-3-24(21,22)16-6-4-12(5-7-16)17(8-14(18)19)15(20)13-10-23-9-11(13)2/h9-10,12H,3-8H2,1-2H3,(H,18,19). The Bertz CT molecular complexity index is 705. The predicted octanol–water partition coefficient (Wildman–Crippen LogP) is 1.40. The molecule has 1 aliphatic rings. The van der Waals surface area contributed by atoms with E-state index in [9.17, 15) is 18.0 Å². The molecule has 1 aromatic rings. The van der Waals surface area contributed by atoms with Gasteiger partial charge in [0.2, 0.25) is 10.0 Å². The summed E-state index contributed by atoms with van der Waals surface area (Å²) in [6.07, 6.45) is 0.892. The fourth-order valence-corrected chi connectivity index (χ4v) is 4.82. The van der Waals surface area contributed by atoms with Gasteiger partial charge in [-0.05, 0) is 37.6 Å². The fraction of sp³-hybridized carbons (Fsp3) is 0.600. The lowest BCUT2D eigenvalue weighted by molar-refractivity contribution is -0.138. The first-order chi connectivity index (χ1) is 11.3. The number of thiophene rings is 1. The summed E-state index contributed by atoms with van der Waals surface area (Å²) in [6, 6.07) is -0.267. The number of sulfonamides is 1. The molecule has 0 radical (unpaired) electrons. The van der Waals surface area contributed by atoms with E-state index in [4.69, 9.17) is 5.11 Å². The molecular formula is C15H22N2O5S2. The zero-order valence-corrected chi connectivity index (χ0v) is 15.4. The van der Waals surface area contributed by atoms with Gasteiger partial charge in [-0.25, -0.2) is 12.7 Å². The zero-order valence-electron chi connectivity index (χ0n) is 13.8. The molecule has 1 aliphatic heterocycles. The lowest BCUT2D eigenvalue weighted by atomic mass is 10.0. The Morgan fingerprint density at radius 1 is 1.33 bits per heavy atom. The number of amides is 1. The van der Waals surface area contributed by atoms with Gasteiger partial charge < -0.3 is 10.0 Å². The Hall–Kier alpha value is -1.45. The molecule has 24 heavy (non-hydrogen) atoms. The van der Waals surface area contributed by atoms with Crippen molar-refractivity contribution in [2.45, 2.75) is 32.7 Å². The SMILES string of the molecule is CCS(=O)(=O)N1CCC(N(CC(=O)O)C(=O)c2cscc2C)CC1. The number of hydrogen-bond acceptors (Lipinski definition) is 5. The van der Waals surface area contributed by atoms with Crippen molar-refractivity contribution in [1.29, 1.82) is 0 Å². The van der Waals surface area contributed by atoms with E-state index in [2.05, 4.69) is 0 Å². The molecule has 0 unspecified atom stereocenters. The van der Waals surface area contributed by atoms with Crippen LogP contribution in [0.5, 0.6) is 0 Å². The number of aliphatic carboxylic acids is 1. The van der Waals surface area contributed by atoms with Crippen molar-refractivity contribution in [1.82, 2.24) is 9.21 Å². The van der Waals surface area contributed by atoms with E-state index in [1.165, 1.54) is 20.5 Å². The number of piperidine rings is 1. The number of carboxylic acid groups (broad SMARTS) is 1. The monoisotopic (exact) mass is 374 g/mol. The van der Waals surface area contributed by atoms with E-state index in [-0.39, 0.29) is 24.2 Å². The second kappa shape index (κ2) is 7.62. The molecule has 1 amide bonds. The summed E-state index contributed by atoms with van der Waals surface area (Å²) in [6.45, 7) is 3.67. The molecule has 2 heterocycles. The van der Waals surface area contributed by atoms with Crippen LogP contribution in [0.25, 0.3) is 0 Å². The minimum Gasteiger partial charge on any atom is -0.480 e. The maximum Gasteiger partial charge on any atom is 0.323 e. The fourth-order valence-electron chi connectivity index (χ4n) is 2.86. The highest BCUT2D eigenvalue weighted by molar-refractivity contribution is 7.89. The molecule has 9 heteroatoms. The van der Waals surface area contributed by atoms with Gasteiger partial charge in [0, 0.05) is 24.5 Å². The Morgan fingerprint density at radius 3 is 2.42 bits per heavy atom. The second-order valence-corrected chi connectivity index (χ2v) is 8.83. The van der Waals surface area contributed by atoms with Crippen LogP contribution in [-0.4, -0.2) is 66.0 Å². The number of rotatable bonds is 6. The van der Waals surface area contributed by atoms with E-state index in [1.54, 1.807) is 12.3 Å². The molecule has 1 saturated heterocycles. The average molecular weight is 374 g/mol. The minimum atomic E-state index is -3.25. The van der Waals surface area contributed by atoms with Crippen LogP contribution in [0.1, 0.15) is 35.7 Å². The third kappa shape index (κ3) is 4.14. The molecule has 0 aliphatic carbocycles. The summed E-state index contributed by atoms with van der Waals surface area (Å²) in [5, 5.41) is 12.7. The Kier molecular flexibility index (Phi) is 6.00. The van der Waals surface area contributed by atoms with Gasteiger partial charge in [-0.15, -0.1) is 0 Å². The molecule has 0 bridgehead atoms. The summed E-state index contributed by atoms with van der Waals surface area (Å²) >= 11 is 1.40. The highest BCUT2D eigenvalue weighted by atomic mass is 32.2. The van der Waals surface area contributed by atoms with Crippen molar-refractivity contribution >= 4 is 33.2 Å². The topological polar surface area (TPSA) is 95.0 Å². The van der Waals surface area contributed by atoms with Crippen LogP contribution in [0.15, 0.2) is 10.8 Å². The highest BCUT2D eigenvalue weighted by Gasteiger charge is 2.33. The number of carbonyl (C=O) groups excluding carboxylic acids is 1. The predicted molar refractivity (Wildman–Crippen MR) is 91.8 cm³/mol. The highest BCUT2D eigenvalue weighted by Crippen LogP contribution is 2.23. The number of carbonyl (C=O) groups is 2. The first kappa shape index (κ1) is 18.9. The van der Waals surface area contributed by atoms with Gasteiger partial charge in [0.15, 0.2) is 0 Å². The van der Waals surface area contributed by atoms with Gasteiger partial charge >= 0.3 is 5.97 Å². The van der Waals surface area contributed by atoms with Crippen LogP contribution in [0.2, 0.25) is 0 Å². The summed E-state index contributed by atoms with van der Waals surface area (Å²) in [7, 11) is -3.25. The van der Waals surface area contributed by atoms with Crippen molar-refractivity contribution in [3.8, 4) is 0 Å². The molecule has 0 spiro atoms. The van der Waals surface area contributed by atoms with Gasteiger partial charge in [0.05, 0.1) is 11.3 Å². The van der Waals surface area contributed by atoms with Crippen molar-refractivity contribution in [3.05, 3.63) is 21.9 Å². The molecule has 0 atom stereocenters. The van der Waals surface area contributed by atoms with Crippen LogP contribution in [0.4, 0.5) is 0 Å². The number of hydrogen-bond donors (Lipinski definition) is 1. The summed E-state index contributed by atoms with van der Waals surface area (Å²) in [5.74, 6) is -1.32. The molecule has 134 valence electrons. The van der Waals surface area contributed by atoms with Crippen molar-refractivity contribution in [2.24, 2.45) is 0 Å². The van der Waals surface area contributed by atoms with Gasteiger partial charge in [-0.2, -0.15) is 11.3 Å². The maximum absolute atomic E-state index is 12.7. The Morgan fingerprint density at radius 2 is 1.96 bits per heavy atom. The van der Waals surface area contributed by atoms with Crippen LogP contribution in [0.3, 0.4) is 0 Å². The van der Waals surface area contributed by atoms with E-state index >= 15 is 0 Å². The summed E-state index contributed by atoms with van der Waals surface area (Å²) in [5.41, 5.74) is 1.34. The molecule has 2 rings (SSSR count). The molecule has 0 aromatic carbocycles. The van der Waals surface area contributed by atoms with Crippen molar-refractivity contribution in [3.63, 3.8) is 0 Å². The molecule has 1 fully saturated rings. The van der Waals surface area contributed by atoms with E-state index in [1.807, 2.05) is 12.3 Å². The molecule has 0 saturated carbocycles. The summed E-state index contributed by atoms with van der Waals surface area (Å²) in [4.78, 5) is 25.3. The largest absolute Gasteiger partial charge is 0.480 e. The normalized spacial score (nSPS) is 16.9. The molecule has 1 aromatic heterocycles. The number of aryl methyl sites for hydroxylation is 1. The van der Waals surface area contributed by atoms with E-state index in [0.29, 0.717) is 31.5 Å². The van der Waals surface area contributed by atoms with Crippen LogP contribution >= 0.6 is 11.3 Å². The van der Waals surface area contributed by atoms with Gasteiger partial charge in [0.1, 0.15) is 6.54 Å². The van der Waals surface area contributed by atoms with Crippen molar-refractivity contribution in [2.75, 3.05) is 25.4 Å². The van der Waals surface area contributed by atoms with Crippen LogP contribution in [-0.2, 0) is 14.8 Å². The average Bonchev–Trinajstić information content (AvgIpc) is 2.98. The smallest absolute Gasteiger partial charge is 0.323 e. The van der Waals surface area contributed by atoms with Crippen LogP contribution in [0, 0.1) is 6.92 Å². The van der Waals surface area contributed by atoms with E-state index < -0.39 is 16.0 Å². The Labute approximate surface area is 145 Å². The van der Waals surface area contributed by atoms with E-state index in [0.717, 1.165) is 5.56 Å². The zero-order chi connectivity index (χ0) is 17.9.